The molecule has 0 saturated carbocycles. The van der Waals surface area contributed by atoms with Crippen molar-refractivity contribution in [3.05, 3.63) is 89.4 Å². The van der Waals surface area contributed by atoms with Gasteiger partial charge in [-0.15, -0.1) is 0 Å². The van der Waals surface area contributed by atoms with Crippen molar-refractivity contribution in [3.8, 4) is 5.75 Å². The summed E-state index contributed by atoms with van der Waals surface area (Å²) in [6, 6.07) is 15.5. The fraction of sp³-hybridized carbons (Fsp3) is 0.433. The molecule has 196 valence electrons. The van der Waals surface area contributed by atoms with Gasteiger partial charge in [-0.1, -0.05) is 36.4 Å². The molecule has 2 aromatic rings. The van der Waals surface area contributed by atoms with Crippen LogP contribution < -0.4 is 4.74 Å². The molecule has 0 aromatic heterocycles. The fourth-order valence-corrected chi connectivity index (χ4v) is 5.49. The molecular formula is C30H37FN4O2. The Morgan fingerprint density at radius 1 is 0.865 bits per heavy atom. The van der Waals surface area contributed by atoms with Gasteiger partial charge in [0.2, 0.25) is 0 Å². The van der Waals surface area contributed by atoms with Crippen molar-refractivity contribution in [1.82, 2.24) is 19.6 Å². The van der Waals surface area contributed by atoms with Gasteiger partial charge < -0.3 is 14.5 Å². The highest BCUT2D eigenvalue weighted by atomic mass is 19.1. The second kappa shape index (κ2) is 11.9. The van der Waals surface area contributed by atoms with Crippen molar-refractivity contribution in [2.75, 3.05) is 52.9 Å². The van der Waals surface area contributed by atoms with E-state index in [0.717, 1.165) is 88.6 Å². The number of hydrogen-bond donors (Lipinski definition) is 0. The predicted octanol–water partition coefficient (Wildman–Crippen LogP) is 3.90. The van der Waals surface area contributed by atoms with Crippen molar-refractivity contribution >= 4 is 5.91 Å². The number of methoxy groups -OCH3 is 1. The minimum Gasteiger partial charge on any atom is -0.497 e. The van der Waals surface area contributed by atoms with Crippen molar-refractivity contribution in [2.24, 2.45) is 0 Å². The quantitative estimate of drug-likeness (QED) is 0.572. The van der Waals surface area contributed by atoms with Gasteiger partial charge in [0.15, 0.2) is 0 Å². The number of halogens is 1. The Hall–Kier alpha value is -3.16. The van der Waals surface area contributed by atoms with Crippen LogP contribution in [0.5, 0.6) is 5.75 Å². The average Bonchev–Trinajstić information content (AvgIpc) is 2.95. The molecule has 3 heterocycles. The Morgan fingerprint density at radius 2 is 1.46 bits per heavy atom. The summed E-state index contributed by atoms with van der Waals surface area (Å²) in [7, 11) is 1.70. The second-order valence-corrected chi connectivity index (χ2v) is 10.2. The van der Waals surface area contributed by atoms with Gasteiger partial charge in [-0.25, -0.2) is 4.39 Å². The third kappa shape index (κ3) is 6.59. The van der Waals surface area contributed by atoms with E-state index < -0.39 is 0 Å². The number of piperidine rings is 1. The number of nitrogens with zero attached hydrogens (tertiary/aromatic N) is 4. The van der Waals surface area contributed by atoms with Crippen molar-refractivity contribution in [1.29, 1.82) is 0 Å². The normalized spacial score (nSPS) is 19.7. The molecule has 5 rings (SSSR count). The zero-order valence-corrected chi connectivity index (χ0v) is 21.7. The molecule has 0 spiro atoms. The largest absolute Gasteiger partial charge is 0.497 e. The maximum Gasteiger partial charge on any atom is 0.255 e. The summed E-state index contributed by atoms with van der Waals surface area (Å²) in [5, 5.41) is 0. The van der Waals surface area contributed by atoms with Crippen LogP contribution in [0.15, 0.2) is 72.5 Å². The molecule has 1 amide bonds. The predicted molar refractivity (Wildman–Crippen MR) is 143 cm³/mol. The van der Waals surface area contributed by atoms with Gasteiger partial charge in [-0.05, 0) is 48.2 Å². The highest BCUT2D eigenvalue weighted by Crippen LogP contribution is 2.23. The molecular weight excluding hydrogens is 467 g/mol. The third-order valence-corrected chi connectivity index (χ3v) is 7.74. The molecule has 7 heteroatoms. The van der Waals surface area contributed by atoms with Crippen LogP contribution in [0.1, 0.15) is 24.0 Å². The minimum atomic E-state index is -0.207. The third-order valence-electron chi connectivity index (χ3n) is 7.74. The van der Waals surface area contributed by atoms with E-state index in [1.165, 1.54) is 17.7 Å². The molecule has 0 radical (unpaired) electrons. The number of piperazine rings is 1. The van der Waals surface area contributed by atoms with Gasteiger partial charge in [0.25, 0.3) is 5.91 Å². The Morgan fingerprint density at radius 3 is 2.08 bits per heavy atom. The maximum absolute atomic E-state index is 13.3. The number of rotatable bonds is 7. The van der Waals surface area contributed by atoms with E-state index in [-0.39, 0.29) is 11.7 Å². The number of benzene rings is 2. The Labute approximate surface area is 219 Å². The van der Waals surface area contributed by atoms with Gasteiger partial charge in [0.1, 0.15) is 11.6 Å². The molecule has 2 fully saturated rings. The van der Waals surface area contributed by atoms with E-state index in [1.807, 2.05) is 35.2 Å². The topological polar surface area (TPSA) is 39.3 Å². The summed E-state index contributed by atoms with van der Waals surface area (Å²) < 4.78 is 18.4. The first-order valence-electron chi connectivity index (χ1n) is 13.3. The lowest BCUT2D eigenvalue weighted by molar-refractivity contribution is -0.128. The van der Waals surface area contributed by atoms with Crippen LogP contribution >= 0.6 is 0 Å². The second-order valence-electron chi connectivity index (χ2n) is 10.2. The molecule has 0 bridgehead atoms. The van der Waals surface area contributed by atoms with E-state index in [9.17, 15) is 9.18 Å². The lowest BCUT2D eigenvalue weighted by Gasteiger charge is -2.39. The van der Waals surface area contributed by atoms with Crippen LogP contribution in [0.2, 0.25) is 0 Å². The molecule has 3 aliphatic heterocycles. The Bertz CT molecular complexity index is 1100. The number of carbonyl (C=O) groups excluding carboxylic acids is 1. The summed E-state index contributed by atoms with van der Waals surface area (Å²) in [5.41, 5.74) is 3.20. The lowest BCUT2D eigenvalue weighted by atomic mass is 10.0. The van der Waals surface area contributed by atoms with E-state index in [0.29, 0.717) is 6.04 Å². The van der Waals surface area contributed by atoms with E-state index in [4.69, 9.17) is 4.74 Å². The molecule has 3 aliphatic rings. The summed E-state index contributed by atoms with van der Waals surface area (Å²) in [5.74, 6) is 0.810. The summed E-state index contributed by atoms with van der Waals surface area (Å²) in [6.07, 6.45) is 8.41. The smallest absolute Gasteiger partial charge is 0.255 e. The molecule has 6 nitrogen and oxygen atoms in total. The van der Waals surface area contributed by atoms with E-state index in [2.05, 4.69) is 39.1 Å². The van der Waals surface area contributed by atoms with Gasteiger partial charge in [-0.2, -0.15) is 0 Å². The molecule has 0 unspecified atom stereocenters. The van der Waals surface area contributed by atoms with E-state index >= 15 is 0 Å². The first-order valence-corrected chi connectivity index (χ1v) is 13.3. The average molecular weight is 505 g/mol. The number of amides is 1. The molecule has 0 atom stereocenters. The summed E-state index contributed by atoms with van der Waals surface area (Å²) >= 11 is 0. The molecule has 2 aromatic carbocycles. The monoisotopic (exact) mass is 504 g/mol. The minimum absolute atomic E-state index is 0.124. The number of carbonyl (C=O) groups is 1. The van der Waals surface area contributed by atoms with Gasteiger partial charge in [-0.3, -0.25) is 14.6 Å². The molecule has 0 aliphatic carbocycles. The van der Waals surface area contributed by atoms with Crippen LogP contribution in [0.4, 0.5) is 4.39 Å². The van der Waals surface area contributed by atoms with E-state index in [1.54, 1.807) is 7.11 Å². The van der Waals surface area contributed by atoms with Crippen LogP contribution in [0.3, 0.4) is 0 Å². The first-order chi connectivity index (χ1) is 18.1. The Balaban J connectivity index is 1.09. The van der Waals surface area contributed by atoms with Crippen LogP contribution in [-0.2, 0) is 17.9 Å². The summed E-state index contributed by atoms with van der Waals surface area (Å²) in [4.78, 5) is 22.5. The van der Waals surface area contributed by atoms with Crippen molar-refractivity contribution in [3.63, 3.8) is 0 Å². The maximum atomic E-state index is 13.3. The van der Waals surface area contributed by atoms with Crippen LogP contribution in [0, 0.1) is 5.82 Å². The zero-order chi connectivity index (χ0) is 25.6. The van der Waals surface area contributed by atoms with Crippen LogP contribution in [0.25, 0.3) is 0 Å². The number of hydrogen-bond acceptors (Lipinski definition) is 5. The molecule has 0 N–H and O–H groups in total. The van der Waals surface area contributed by atoms with Gasteiger partial charge in [0, 0.05) is 71.1 Å². The highest BCUT2D eigenvalue weighted by molar-refractivity contribution is 5.96. The standard InChI is InChI=1S/C30H37FN4O2/c1-37-29-10-6-25(7-11-29)21-32-15-12-28(13-16-32)35-14-2-3-26(23-35)30(36)34-19-17-33(18-20-34)22-24-4-8-27(31)9-5-24/h2-11,23,28H,12-22H2,1H3. The van der Waals surface area contributed by atoms with Gasteiger partial charge in [0.05, 0.1) is 12.7 Å². The fourth-order valence-electron chi connectivity index (χ4n) is 5.49. The number of ether oxygens (including phenoxy) is 1. The van der Waals surface area contributed by atoms with Gasteiger partial charge >= 0.3 is 0 Å². The SMILES string of the molecule is COc1ccc(CN2CCC(N3C=C(C(=O)N4CCN(Cc5ccc(F)cc5)CC4)C=CC3)CC2)cc1. The number of likely N-dealkylation sites (tertiary alicyclic amines) is 1. The van der Waals surface area contributed by atoms with Crippen molar-refractivity contribution < 1.29 is 13.9 Å². The molecule has 2 saturated heterocycles. The highest BCUT2D eigenvalue weighted by Gasteiger charge is 2.27. The first kappa shape index (κ1) is 25.5. The Kier molecular flexibility index (Phi) is 8.21. The molecule has 37 heavy (non-hydrogen) atoms. The summed E-state index contributed by atoms with van der Waals surface area (Å²) in [6.45, 7) is 7.83. The van der Waals surface area contributed by atoms with Crippen molar-refractivity contribution in [2.45, 2.75) is 32.0 Å². The lowest BCUT2D eigenvalue weighted by Crippen LogP contribution is -2.49. The van der Waals surface area contributed by atoms with Crippen LogP contribution in [-0.4, -0.2) is 84.5 Å². The zero-order valence-electron chi connectivity index (χ0n) is 21.7.